The highest BCUT2D eigenvalue weighted by Crippen LogP contribution is 2.36. The first kappa shape index (κ1) is 15.2. The molecule has 0 aromatic carbocycles. The first-order chi connectivity index (χ1) is 9.59. The molecule has 112 valence electrons. The number of nitrogens with one attached hydrogen (secondary N) is 1. The lowest BCUT2D eigenvalue weighted by molar-refractivity contribution is 0.0943. The van der Waals surface area contributed by atoms with E-state index in [1.54, 1.807) is 12.4 Å². The van der Waals surface area contributed by atoms with Crippen molar-refractivity contribution in [3.63, 3.8) is 0 Å². The van der Waals surface area contributed by atoms with E-state index in [-0.39, 0.29) is 0 Å². The summed E-state index contributed by atoms with van der Waals surface area (Å²) < 4.78 is 5.99. The number of aromatic nitrogens is 2. The van der Waals surface area contributed by atoms with Gasteiger partial charge >= 0.3 is 0 Å². The predicted octanol–water partition coefficient (Wildman–Crippen LogP) is 3.32. The van der Waals surface area contributed by atoms with E-state index in [4.69, 9.17) is 4.74 Å². The molecule has 4 nitrogen and oxygen atoms in total. The molecule has 1 aliphatic rings. The predicted molar refractivity (Wildman–Crippen MR) is 80.7 cm³/mol. The van der Waals surface area contributed by atoms with E-state index in [2.05, 4.69) is 36.1 Å². The number of hydrogen-bond donors (Lipinski definition) is 1. The quantitative estimate of drug-likeness (QED) is 0.810. The fraction of sp³-hybridized carbons (Fsp3) is 0.750. The second-order valence-corrected chi connectivity index (χ2v) is 6.51. The molecule has 4 heteroatoms. The second kappa shape index (κ2) is 7.02. The van der Waals surface area contributed by atoms with E-state index < -0.39 is 0 Å². The lowest BCUT2D eigenvalue weighted by Crippen LogP contribution is -2.28. The van der Waals surface area contributed by atoms with Crippen LogP contribution in [0.3, 0.4) is 0 Å². The summed E-state index contributed by atoms with van der Waals surface area (Å²) in [5.74, 6) is 0.672. The summed E-state index contributed by atoms with van der Waals surface area (Å²) in [7, 11) is 0. The van der Waals surface area contributed by atoms with Gasteiger partial charge in [0.25, 0.3) is 0 Å². The van der Waals surface area contributed by atoms with Gasteiger partial charge in [-0.2, -0.15) is 0 Å². The van der Waals surface area contributed by atoms with Crippen molar-refractivity contribution in [3.05, 3.63) is 18.1 Å². The molecule has 0 spiro atoms. The third-order valence-electron chi connectivity index (χ3n) is 3.97. The molecule has 1 aromatic heterocycles. The molecule has 0 amide bonds. The molecule has 0 bridgehead atoms. The summed E-state index contributed by atoms with van der Waals surface area (Å²) in [6.45, 7) is 8.59. The minimum Gasteiger partial charge on any atom is -0.473 e. The molecule has 1 saturated carbocycles. The monoisotopic (exact) mass is 277 g/mol. The van der Waals surface area contributed by atoms with Crippen molar-refractivity contribution >= 4 is 0 Å². The molecule has 0 atom stereocenters. The van der Waals surface area contributed by atoms with Gasteiger partial charge in [0.05, 0.1) is 11.9 Å². The SMILES string of the molecule is CCCNCc1cncc(OC2CCC(C)(C)CC2)n1. The van der Waals surface area contributed by atoms with Gasteiger partial charge in [-0.1, -0.05) is 20.8 Å². The summed E-state index contributed by atoms with van der Waals surface area (Å²) in [6, 6.07) is 0. The van der Waals surface area contributed by atoms with Crippen molar-refractivity contribution in [2.45, 2.75) is 65.5 Å². The molecule has 1 fully saturated rings. The van der Waals surface area contributed by atoms with Crippen molar-refractivity contribution < 1.29 is 4.74 Å². The number of rotatable bonds is 6. The summed E-state index contributed by atoms with van der Waals surface area (Å²) >= 11 is 0. The minimum absolute atomic E-state index is 0.302. The van der Waals surface area contributed by atoms with E-state index in [0.717, 1.165) is 38.0 Å². The van der Waals surface area contributed by atoms with Crippen LogP contribution in [0.15, 0.2) is 12.4 Å². The van der Waals surface area contributed by atoms with E-state index in [0.29, 0.717) is 17.4 Å². The molecule has 0 aliphatic heterocycles. The van der Waals surface area contributed by atoms with Crippen LogP contribution in [0.2, 0.25) is 0 Å². The highest BCUT2D eigenvalue weighted by atomic mass is 16.5. The molecule has 1 aliphatic carbocycles. The normalized spacial score (nSPS) is 18.9. The molecule has 1 aromatic rings. The number of ether oxygens (including phenoxy) is 1. The zero-order valence-electron chi connectivity index (χ0n) is 13.0. The lowest BCUT2D eigenvalue weighted by atomic mass is 9.76. The second-order valence-electron chi connectivity index (χ2n) is 6.51. The van der Waals surface area contributed by atoms with Crippen LogP contribution in [0.25, 0.3) is 0 Å². The molecule has 0 radical (unpaired) electrons. The Balaban J connectivity index is 1.85. The average molecular weight is 277 g/mol. The minimum atomic E-state index is 0.302. The lowest BCUT2D eigenvalue weighted by Gasteiger charge is -2.34. The van der Waals surface area contributed by atoms with Gasteiger partial charge in [0.1, 0.15) is 6.10 Å². The van der Waals surface area contributed by atoms with Gasteiger partial charge in [-0.15, -0.1) is 0 Å². The van der Waals surface area contributed by atoms with Crippen LogP contribution < -0.4 is 10.1 Å². The van der Waals surface area contributed by atoms with Gasteiger partial charge < -0.3 is 10.1 Å². The Morgan fingerprint density at radius 1 is 1.30 bits per heavy atom. The average Bonchev–Trinajstić information content (AvgIpc) is 2.42. The van der Waals surface area contributed by atoms with Crippen LogP contribution in [0.5, 0.6) is 5.88 Å². The smallest absolute Gasteiger partial charge is 0.232 e. The molecule has 2 rings (SSSR count). The van der Waals surface area contributed by atoms with Crippen LogP contribution >= 0.6 is 0 Å². The Hall–Kier alpha value is -1.16. The van der Waals surface area contributed by atoms with Crippen LogP contribution in [0.4, 0.5) is 0 Å². The highest BCUT2D eigenvalue weighted by molar-refractivity contribution is 5.09. The molecule has 0 unspecified atom stereocenters. The largest absolute Gasteiger partial charge is 0.473 e. The van der Waals surface area contributed by atoms with Gasteiger partial charge in [-0.25, -0.2) is 4.98 Å². The van der Waals surface area contributed by atoms with E-state index in [1.807, 2.05) is 0 Å². The summed E-state index contributed by atoms with van der Waals surface area (Å²) in [4.78, 5) is 8.76. The van der Waals surface area contributed by atoms with Gasteiger partial charge in [0, 0.05) is 12.7 Å². The maximum absolute atomic E-state index is 5.99. The fourth-order valence-electron chi connectivity index (χ4n) is 2.58. The third kappa shape index (κ3) is 4.75. The molecule has 1 heterocycles. The van der Waals surface area contributed by atoms with Crippen molar-refractivity contribution in [2.24, 2.45) is 5.41 Å². The maximum atomic E-state index is 5.99. The molecular weight excluding hydrogens is 250 g/mol. The van der Waals surface area contributed by atoms with E-state index in [1.165, 1.54) is 12.8 Å². The summed E-state index contributed by atoms with van der Waals surface area (Å²) in [5, 5.41) is 3.33. The Labute approximate surface area is 122 Å². The van der Waals surface area contributed by atoms with Crippen molar-refractivity contribution in [1.29, 1.82) is 0 Å². The topological polar surface area (TPSA) is 47.0 Å². The van der Waals surface area contributed by atoms with Gasteiger partial charge in [0.15, 0.2) is 0 Å². The molecule has 1 N–H and O–H groups in total. The van der Waals surface area contributed by atoms with Crippen LogP contribution in [-0.2, 0) is 6.54 Å². The third-order valence-corrected chi connectivity index (χ3v) is 3.97. The summed E-state index contributed by atoms with van der Waals surface area (Å²) in [6.07, 6.45) is 9.64. The first-order valence-corrected chi connectivity index (χ1v) is 7.77. The van der Waals surface area contributed by atoms with Crippen molar-refractivity contribution in [3.8, 4) is 5.88 Å². The first-order valence-electron chi connectivity index (χ1n) is 7.77. The van der Waals surface area contributed by atoms with Crippen LogP contribution in [0.1, 0.15) is 58.6 Å². The molecule has 20 heavy (non-hydrogen) atoms. The Kier molecular flexibility index (Phi) is 5.35. The van der Waals surface area contributed by atoms with Crippen LogP contribution in [0, 0.1) is 5.41 Å². The highest BCUT2D eigenvalue weighted by Gasteiger charge is 2.28. The standard InChI is InChI=1S/C16H27N3O/c1-4-9-17-10-13-11-18-12-15(19-13)20-14-5-7-16(2,3)8-6-14/h11-12,14,17H,4-10H2,1-3H3. The van der Waals surface area contributed by atoms with E-state index >= 15 is 0 Å². The number of hydrogen-bond acceptors (Lipinski definition) is 4. The maximum Gasteiger partial charge on any atom is 0.232 e. The Morgan fingerprint density at radius 3 is 2.75 bits per heavy atom. The van der Waals surface area contributed by atoms with E-state index in [9.17, 15) is 0 Å². The zero-order chi connectivity index (χ0) is 14.4. The fourth-order valence-corrected chi connectivity index (χ4v) is 2.58. The molecular formula is C16H27N3O. The van der Waals surface area contributed by atoms with Crippen molar-refractivity contribution in [1.82, 2.24) is 15.3 Å². The summed E-state index contributed by atoms with van der Waals surface area (Å²) in [5.41, 5.74) is 1.42. The van der Waals surface area contributed by atoms with Gasteiger partial charge in [-0.05, 0) is 44.1 Å². The van der Waals surface area contributed by atoms with Gasteiger partial charge in [-0.3, -0.25) is 4.98 Å². The Bertz CT molecular complexity index is 410. The Morgan fingerprint density at radius 2 is 2.05 bits per heavy atom. The van der Waals surface area contributed by atoms with Crippen molar-refractivity contribution in [2.75, 3.05) is 6.54 Å². The van der Waals surface area contributed by atoms with Crippen LogP contribution in [-0.4, -0.2) is 22.6 Å². The number of nitrogens with zero attached hydrogens (tertiary/aromatic N) is 2. The zero-order valence-corrected chi connectivity index (χ0v) is 13.0. The van der Waals surface area contributed by atoms with Gasteiger partial charge in [0.2, 0.25) is 5.88 Å². The molecule has 0 saturated heterocycles.